The summed E-state index contributed by atoms with van der Waals surface area (Å²) in [4.78, 5) is 17.3. The molecule has 0 unspecified atom stereocenters. The fourth-order valence-electron chi connectivity index (χ4n) is 4.87. The van der Waals surface area contributed by atoms with Gasteiger partial charge in [0.15, 0.2) is 0 Å². The molecule has 2 aliphatic heterocycles. The molecule has 0 bridgehead atoms. The number of hydrogen-bond acceptors (Lipinski definition) is 3. The summed E-state index contributed by atoms with van der Waals surface area (Å²) in [5.41, 5.74) is 3.04. The summed E-state index contributed by atoms with van der Waals surface area (Å²) >= 11 is 0. The minimum absolute atomic E-state index is 0.0523. The van der Waals surface area contributed by atoms with Crippen LogP contribution in [0.15, 0.2) is 54.6 Å². The molecule has 0 spiro atoms. The molecule has 0 saturated carbocycles. The second-order valence-corrected chi connectivity index (χ2v) is 9.08. The zero-order valence-corrected chi connectivity index (χ0v) is 19.0. The lowest BCUT2D eigenvalue weighted by Gasteiger charge is -2.57. The van der Waals surface area contributed by atoms with Gasteiger partial charge in [0, 0.05) is 48.3 Å². The van der Waals surface area contributed by atoms with Gasteiger partial charge in [0.25, 0.3) is 0 Å². The molecule has 2 aliphatic rings. The zero-order chi connectivity index (χ0) is 22.5. The van der Waals surface area contributed by atoms with Crippen LogP contribution in [0.5, 0.6) is 0 Å². The first kappa shape index (κ1) is 22.4. The molecule has 4 rings (SSSR count). The molecular formula is C27H33N3O2. The van der Waals surface area contributed by atoms with Crippen molar-refractivity contribution in [3.8, 4) is 11.8 Å². The molecule has 0 aliphatic carbocycles. The van der Waals surface area contributed by atoms with Gasteiger partial charge in [-0.1, -0.05) is 56.0 Å². The second-order valence-electron chi connectivity index (χ2n) is 9.08. The molecule has 0 aromatic heterocycles. The summed E-state index contributed by atoms with van der Waals surface area (Å²) in [6.07, 6.45) is 2.00. The monoisotopic (exact) mass is 431 g/mol. The number of fused-ring (bicyclic) bond motifs is 1. The van der Waals surface area contributed by atoms with E-state index in [0.717, 1.165) is 37.2 Å². The number of carbonyl (C=O) groups is 1. The second kappa shape index (κ2) is 10.2. The molecule has 2 fully saturated rings. The first-order valence-corrected chi connectivity index (χ1v) is 11.7. The summed E-state index contributed by atoms with van der Waals surface area (Å²) in [6, 6.07) is 18.3. The Morgan fingerprint density at radius 1 is 1.09 bits per heavy atom. The van der Waals surface area contributed by atoms with Crippen LogP contribution in [0.2, 0.25) is 0 Å². The van der Waals surface area contributed by atoms with Crippen molar-refractivity contribution < 1.29 is 9.90 Å². The molecule has 2 heterocycles. The number of anilines is 1. The van der Waals surface area contributed by atoms with Crippen LogP contribution < -0.4 is 5.32 Å². The summed E-state index contributed by atoms with van der Waals surface area (Å²) in [5.74, 6) is 6.98. The molecule has 5 heteroatoms. The van der Waals surface area contributed by atoms with E-state index in [1.165, 1.54) is 5.56 Å². The Morgan fingerprint density at radius 2 is 1.81 bits per heavy atom. The number of nitrogens with one attached hydrogen (secondary N) is 1. The molecule has 32 heavy (non-hydrogen) atoms. The number of amides is 2. The lowest BCUT2D eigenvalue weighted by molar-refractivity contribution is -0.0585. The number of benzene rings is 2. The molecule has 2 saturated heterocycles. The van der Waals surface area contributed by atoms with Crippen molar-refractivity contribution in [1.29, 1.82) is 0 Å². The van der Waals surface area contributed by atoms with E-state index in [9.17, 15) is 9.90 Å². The SMILES string of the molecule is CC(C)C#Cc1ccc([C@@H]2[C@@H](CO)N3CCCCN(C(=O)Nc4ccccc4)C[C@@H]23)cc1. The normalized spacial score (nSPS) is 23.2. The smallest absolute Gasteiger partial charge is 0.321 e. The van der Waals surface area contributed by atoms with Crippen molar-refractivity contribution in [1.82, 2.24) is 9.80 Å². The maximum Gasteiger partial charge on any atom is 0.321 e. The number of aliphatic hydroxyl groups is 1. The maximum atomic E-state index is 13.0. The van der Waals surface area contributed by atoms with E-state index in [2.05, 4.69) is 60.2 Å². The number of aliphatic hydroxyl groups excluding tert-OH is 1. The molecule has 5 nitrogen and oxygen atoms in total. The average Bonchev–Trinajstić information content (AvgIpc) is 2.78. The van der Waals surface area contributed by atoms with E-state index in [4.69, 9.17) is 0 Å². The quantitative estimate of drug-likeness (QED) is 0.718. The van der Waals surface area contributed by atoms with Gasteiger partial charge in [-0.25, -0.2) is 4.79 Å². The third-order valence-electron chi connectivity index (χ3n) is 6.48. The lowest BCUT2D eigenvalue weighted by atomic mass is 9.74. The molecule has 2 amide bonds. The summed E-state index contributed by atoms with van der Waals surface area (Å²) in [6.45, 7) is 6.69. The van der Waals surface area contributed by atoms with E-state index < -0.39 is 0 Å². The number of rotatable bonds is 3. The summed E-state index contributed by atoms with van der Waals surface area (Å²) < 4.78 is 0. The van der Waals surface area contributed by atoms with E-state index >= 15 is 0 Å². The molecule has 0 radical (unpaired) electrons. The van der Waals surface area contributed by atoms with Crippen molar-refractivity contribution >= 4 is 11.7 Å². The fourth-order valence-corrected chi connectivity index (χ4v) is 4.87. The molecule has 2 aromatic carbocycles. The maximum absolute atomic E-state index is 13.0. The number of urea groups is 1. The highest BCUT2D eigenvalue weighted by Gasteiger charge is 2.49. The van der Waals surface area contributed by atoms with Gasteiger partial charge in [-0.3, -0.25) is 4.90 Å². The first-order valence-electron chi connectivity index (χ1n) is 11.7. The van der Waals surface area contributed by atoms with Crippen molar-refractivity contribution in [3.63, 3.8) is 0 Å². The largest absolute Gasteiger partial charge is 0.395 e. The Kier molecular flexibility index (Phi) is 7.14. The number of nitrogens with zero attached hydrogens (tertiary/aromatic N) is 2. The Bertz CT molecular complexity index is 962. The van der Waals surface area contributed by atoms with Crippen LogP contribution in [-0.4, -0.2) is 59.3 Å². The minimum Gasteiger partial charge on any atom is -0.395 e. The van der Waals surface area contributed by atoms with Crippen LogP contribution >= 0.6 is 0 Å². The number of hydrogen-bond donors (Lipinski definition) is 2. The van der Waals surface area contributed by atoms with Gasteiger partial charge in [-0.15, -0.1) is 0 Å². The average molecular weight is 432 g/mol. The van der Waals surface area contributed by atoms with Crippen molar-refractivity contribution in [2.45, 2.75) is 44.7 Å². The van der Waals surface area contributed by atoms with Crippen LogP contribution in [0.4, 0.5) is 10.5 Å². The van der Waals surface area contributed by atoms with Crippen LogP contribution in [0, 0.1) is 17.8 Å². The van der Waals surface area contributed by atoms with Gasteiger partial charge in [-0.2, -0.15) is 0 Å². The van der Waals surface area contributed by atoms with Gasteiger partial charge in [-0.05, 0) is 49.2 Å². The molecule has 168 valence electrons. The zero-order valence-electron chi connectivity index (χ0n) is 19.0. The number of carbonyl (C=O) groups excluding carboxylic acids is 1. The molecule has 2 N–H and O–H groups in total. The van der Waals surface area contributed by atoms with Crippen molar-refractivity contribution in [3.05, 3.63) is 65.7 Å². The van der Waals surface area contributed by atoms with Crippen LogP contribution in [0.1, 0.15) is 43.7 Å². The summed E-state index contributed by atoms with van der Waals surface area (Å²) in [7, 11) is 0. The first-order chi connectivity index (χ1) is 15.6. The van der Waals surface area contributed by atoms with E-state index in [-0.39, 0.29) is 30.6 Å². The third-order valence-corrected chi connectivity index (χ3v) is 6.48. The van der Waals surface area contributed by atoms with E-state index in [0.29, 0.717) is 12.5 Å². The van der Waals surface area contributed by atoms with Gasteiger partial charge in [0.2, 0.25) is 0 Å². The minimum atomic E-state index is -0.0523. The van der Waals surface area contributed by atoms with Crippen molar-refractivity contribution in [2.75, 3.05) is 31.6 Å². The highest BCUT2D eigenvalue weighted by molar-refractivity contribution is 5.89. The molecule has 3 atom stereocenters. The Labute approximate surface area is 191 Å². The van der Waals surface area contributed by atoms with Crippen LogP contribution in [0.25, 0.3) is 0 Å². The van der Waals surface area contributed by atoms with E-state index in [1.807, 2.05) is 35.2 Å². The Hall–Kier alpha value is -2.81. The van der Waals surface area contributed by atoms with Crippen molar-refractivity contribution in [2.24, 2.45) is 5.92 Å². The highest BCUT2D eigenvalue weighted by Crippen LogP contribution is 2.42. The van der Waals surface area contributed by atoms with Crippen LogP contribution in [-0.2, 0) is 0 Å². The summed E-state index contributed by atoms with van der Waals surface area (Å²) in [5, 5.41) is 13.2. The fraction of sp³-hybridized carbons (Fsp3) is 0.444. The van der Waals surface area contributed by atoms with Gasteiger partial charge >= 0.3 is 6.03 Å². The standard InChI is InChI=1S/C27H33N3O2/c1-20(2)10-11-21-12-14-22(15-13-21)26-24-18-29(16-6-7-17-30(24)25(26)19-31)27(32)28-23-8-4-3-5-9-23/h3-5,8-9,12-15,20,24-26,31H,6-7,16-19H2,1-2H3,(H,28,32)/t24-,25+,26-/m0/s1. The van der Waals surface area contributed by atoms with Crippen LogP contribution in [0.3, 0.4) is 0 Å². The predicted octanol–water partition coefficient (Wildman–Crippen LogP) is 4.15. The Balaban J connectivity index is 1.51. The Morgan fingerprint density at radius 3 is 2.50 bits per heavy atom. The van der Waals surface area contributed by atoms with Gasteiger partial charge in [0.05, 0.1) is 6.61 Å². The lowest BCUT2D eigenvalue weighted by Crippen LogP contribution is -2.68. The van der Waals surface area contributed by atoms with Gasteiger partial charge < -0.3 is 15.3 Å². The highest BCUT2D eigenvalue weighted by atomic mass is 16.3. The molecular weight excluding hydrogens is 398 g/mol. The van der Waals surface area contributed by atoms with Gasteiger partial charge in [0.1, 0.15) is 0 Å². The topological polar surface area (TPSA) is 55.8 Å². The molecule has 2 aromatic rings. The van der Waals surface area contributed by atoms with E-state index in [1.54, 1.807) is 0 Å². The number of para-hydroxylation sites is 1. The third kappa shape index (κ3) is 4.98. The predicted molar refractivity (Wildman–Crippen MR) is 129 cm³/mol.